The van der Waals surface area contributed by atoms with Crippen molar-refractivity contribution in [2.45, 2.75) is 19.9 Å². The summed E-state index contributed by atoms with van der Waals surface area (Å²) < 4.78 is 27.3. The van der Waals surface area contributed by atoms with Gasteiger partial charge in [0.2, 0.25) is 5.91 Å². The number of nitrogens with two attached hydrogens (primary N) is 1. The first-order valence-electron chi connectivity index (χ1n) is 7.71. The van der Waals surface area contributed by atoms with Crippen LogP contribution in [0, 0.1) is 11.6 Å². The highest BCUT2D eigenvalue weighted by Gasteiger charge is 2.20. The van der Waals surface area contributed by atoms with Gasteiger partial charge in [0.05, 0.1) is 17.8 Å². The van der Waals surface area contributed by atoms with Crippen LogP contribution in [0.4, 0.5) is 20.2 Å². The number of halogens is 2. The van der Waals surface area contributed by atoms with E-state index in [4.69, 9.17) is 5.73 Å². The minimum Gasteiger partial charge on any atom is -0.374 e. The molecule has 0 spiro atoms. The summed E-state index contributed by atoms with van der Waals surface area (Å²) in [6.07, 6.45) is 0. The first-order chi connectivity index (χ1) is 11.8. The zero-order valence-electron chi connectivity index (χ0n) is 13.9. The van der Waals surface area contributed by atoms with Gasteiger partial charge in [0, 0.05) is 17.8 Å². The van der Waals surface area contributed by atoms with Crippen molar-refractivity contribution < 1.29 is 18.4 Å². The minimum atomic E-state index is -1.05. The molecule has 2 amide bonds. The van der Waals surface area contributed by atoms with Crippen molar-refractivity contribution in [2.24, 2.45) is 5.73 Å². The molecule has 0 saturated carbocycles. The number of benzene rings is 2. The fourth-order valence-corrected chi connectivity index (χ4v) is 2.45. The molecular formula is C18H19F2N3O2. The van der Waals surface area contributed by atoms with Gasteiger partial charge < -0.3 is 16.0 Å². The molecule has 5 nitrogen and oxygen atoms in total. The van der Waals surface area contributed by atoms with Crippen LogP contribution in [-0.2, 0) is 4.79 Å². The third kappa shape index (κ3) is 4.32. The van der Waals surface area contributed by atoms with Gasteiger partial charge >= 0.3 is 0 Å². The summed E-state index contributed by atoms with van der Waals surface area (Å²) in [4.78, 5) is 25.3. The van der Waals surface area contributed by atoms with Crippen molar-refractivity contribution >= 4 is 23.2 Å². The van der Waals surface area contributed by atoms with Crippen LogP contribution in [0.15, 0.2) is 42.5 Å². The Morgan fingerprint density at radius 1 is 1.12 bits per heavy atom. The lowest BCUT2D eigenvalue weighted by atomic mass is 10.1. The Bertz CT molecular complexity index is 779. The average Bonchev–Trinajstić information content (AvgIpc) is 2.54. The molecule has 0 aromatic heterocycles. The highest BCUT2D eigenvalue weighted by Crippen LogP contribution is 2.20. The van der Waals surface area contributed by atoms with E-state index in [-0.39, 0.29) is 24.2 Å². The second-order valence-corrected chi connectivity index (χ2v) is 5.72. The molecule has 0 unspecified atom stereocenters. The van der Waals surface area contributed by atoms with E-state index in [0.717, 1.165) is 6.07 Å². The molecule has 0 fully saturated rings. The monoisotopic (exact) mass is 347 g/mol. The Balaban J connectivity index is 2.18. The first kappa shape index (κ1) is 18.4. The maximum Gasteiger partial charge on any atom is 0.251 e. The maximum absolute atomic E-state index is 13.8. The number of nitrogens with one attached hydrogen (secondary N) is 1. The zero-order valence-corrected chi connectivity index (χ0v) is 13.9. The number of carbonyl (C=O) groups is 2. The number of carbonyl (C=O) groups excluding carboxylic acids is 2. The van der Waals surface area contributed by atoms with E-state index in [1.807, 2.05) is 32.0 Å². The molecule has 132 valence electrons. The zero-order chi connectivity index (χ0) is 18.6. The van der Waals surface area contributed by atoms with E-state index in [1.165, 1.54) is 0 Å². The second-order valence-electron chi connectivity index (χ2n) is 5.72. The van der Waals surface area contributed by atoms with Gasteiger partial charge in [-0.1, -0.05) is 18.2 Å². The molecule has 0 aliphatic carbocycles. The third-order valence-electron chi connectivity index (χ3n) is 3.57. The Morgan fingerprint density at radius 3 is 2.32 bits per heavy atom. The van der Waals surface area contributed by atoms with Crippen LogP contribution in [0.3, 0.4) is 0 Å². The maximum atomic E-state index is 13.8. The Kier molecular flexibility index (Phi) is 5.69. The van der Waals surface area contributed by atoms with Crippen LogP contribution < -0.4 is 16.0 Å². The summed E-state index contributed by atoms with van der Waals surface area (Å²) in [5, 5.41) is 2.60. The van der Waals surface area contributed by atoms with Gasteiger partial charge in [0.1, 0.15) is 11.6 Å². The highest BCUT2D eigenvalue weighted by molar-refractivity contribution is 5.97. The molecule has 7 heteroatoms. The number of hydrogen-bond donors (Lipinski definition) is 2. The van der Waals surface area contributed by atoms with E-state index in [9.17, 15) is 18.4 Å². The van der Waals surface area contributed by atoms with Crippen molar-refractivity contribution in [3.8, 4) is 0 Å². The number of hydrogen-bond acceptors (Lipinski definition) is 3. The van der Waals surface area contributed by atoms with E-state index < -0.39 is 23.1 Å². The fourth-order valence-electron chi connectivity index (χ4n) is 2.45. The fraction of sp³-hybridized carbons (Fsp3) is 0.222. The van der Waals surface area contributed by atoms with Crippen molar-refractivity contribution in [1.82, 2.24) is 0 Å². The molecule has 0 atom stereocenters. The first-order valence-corrected chi connectivity index (χ1v) is 7.71. The Labute approximate surface area is 144 Å². The van der Waals surface area contributed by atoms with Gasteiger partial charge in [0.25, 0.3) is 5.91 Å². The summed E-state index contributed by atoms with van der Waals surface area (Å²) in [7, 11) is 0. The van der Waals surface area contributed by atoms with E-state index in [0.29, 0.717) is 11.8 Å². The molecule has 0 aliphatic rings. The predicted molar refractivity (Wildman–Crippen MR) is 92.4 cm³/mol. The summed E-state index contributed by atoms with van der Waals surface area (Å²) in [5.74, 6) is -3.27. The molecule has 0 radical (unpaired) electrons. The number of amides is 2. The molecular weight excluding hydrogens is 328 g/mol. The van der Waals surface area contributed by atoms with Crippen molar-refractivity contribution in [2.75, 3.05) is 16.8 Å². The molecule has 2 aromatic carbocycles. The van der Waals surface area contributed by atoms with Gasteiger partial charge in [-0.2, -0.15) is 0 Å². The number of nitrogens with zero attached hydrogens (tertiary/aromatic N) is 1. The van der Waals surface area contributed by atoms with Gasteiger partial charge in [-0.3, -0.25) is 9.59 Å². The third-order valence-corrected chi connectivity index (χ3v) is 3.57. The van der Waals surface area contributed by atoms with Crippen molar-refractivity contribution in [1.29, 1.82) is 0 Å². The largest absolute Gasteiger partial charge is 0.374 e. The quantitative estimate of drug-likeness (QED) is 0.844. The molecule has 2 aromatic rings. The summed E-state index contributed by atoms with van der Waals surface area (Å²) in [5.41, 5.74) is 5.15. The molecule has 3 N–H and O–H groups in total. The molecule has 0 bridgehead atoms. The molecule has 0 heterocycles. The van der Waals surface area contributed by atoms with Crippen LogP contribution >= 0.6 is 0 Å². The lowest BCUT2D eigenvalue weighted by Gasteiger charge is -2.27. The van der Waals surface area contributed by atoms with Crippen molar-refractivity contribution in [3.63, 3.8) is 0 Å². The topological polar surface area (TPSA) is 75.4 Å². The standard InChI is InChI=1S/C18H19F2N3O2/c1-11(2)23(12-6-4-3-5-7-12)17(24)10-22-16-8-13(18(21)25)14(19)9-15(16)20/h3-9,11,22H,10H2,1-2H3,(H2,21,25). The van der Waals surface area contributed by atoms with Crippen LogP contribution in [0.1, 0.15) is 24.2 Å². The SMILES string of the molecule is CC(C)N(C(=O)CNc1cc(C(N)=O)c(F)cc1F)c1ccccc1. The Hall–Kier alpha value is -2.96. The predicted octanol–water partition coefficient (Wildman–Crippen LogP) is 2.92. The van der Waals surface area contributed by atoms with Crippen LogP contribution in [0.5, 0.6) is 0 Å². The van der Waals surface area contributed by atoms with E-state index >= 15 is 0 Å². The lowest BCUT2D eigenvalue weighted by molar-refractivity contribution is -0.117. The average molecular weight is 347 g/mol. The van der Waals surface area contributed by atoms with E-state index in [1.54, 1.807) is 17.0 Å². The molecule has 25 heavy (non-hydrogen) atoms. The second kappa shape index (κ2) is 7.74. The summed E-state index contributed by atoms with van der Waals surface area (Å²) in [6.45, 7) is 3.48. The van der Waals surface area contributed by atoms with Crippen LogP contribution in [0.25, 0.3) is 0 Å². The minimum absolute atomic E-state index is 0.115. The lowest BCUT2D eigenvalue weighted by Crippen LogP contribution is -2.40. The number of rotatable bonds is 6. The molecule has 2 rings (SSSR count). The summed E-state index contributed by atoms with van der Waals surface area (Å²) in [6, 6.07) is 10.4. The van der Waals surface area contributed by atoms with Gasteiger partial charge in [-0.15, -0.1) is 0 Å². The molecule has 0 aliphatic heterocycles. The number of para-hydroxylation sites is 1. The smallest absolute Gasteiger partial charge is 0.251 e. The normalized spacial score (nSPS) is 10.6. The van der Waals surface area contributed by atoms with Crippen LogP contribution in [-0.4, -0.2) is 24.4 Å². The van der Waals surface area contributed by atoms with Gasteiger partial charge in [-0.05, 0) is 32.0 Å². The van der Waals surface area contributed by atoms with E-state index in [2.05, 4.69) is 5.32 Å². The van der Waals surface area contributed by atoms with Gasteiger partial charge in [-0.25, -0.2) is 8.78 Å². The van der Waals surface area contributed by atoms with Crippen molar-refractivity contribution in [3.05, 3.63) is 59.7 Å². The molecule has 0 saturated heterocycles. The number of primary amides is 1. The highest BCUT2D eigenvalue weighted by atomic mass is 19.1. The van der Waals surface area contributed by atoms with Gasteiger partial charge in [0.15, 0.2) is 0 Å². The number of anilines is 2. The van der Waals surface area contributed by atoms with Crippen LogP contribution in [0.2, 0.25) is 0 Å². The summed E-state index contributed by atoms with van der Waals surface area (Å²) >= 11 is 0. The Morgan fingerprint density at radius 2 is 1.76 bits per heavy atom.